The van der Waals surface area contributed by atoms with Crippen molar-refractivity contribution < 1.29 is 18.9 Å². The quantitative estimate of drug-likeness (QED) is 0.600. The Morgan fingerprint density at radius 2 is 1.88 bits per heavy atom. The van der Waals surface area contributed by atoms with Crippen LogP contribution in [0.3, 0.4) is 0 Å². The predicted molar refractivity (Wildman–Crippen MR) is 118 cm³/mol. The Labute approximate surface area is 185 Å². The molecule has 1 saturated heterocycles. The first-order valence-corrected chi connectivity index (χ1v) is 10.8. The first kappa shape index (κ1) is 20.6. The van der Waals surface area contributed by atoms with E-state index in [0.29, 0.717) is 31.2 Å². The highest BCUT2D eigenvalue weighted by molar-refractivity contribution is 5.53. The number of aromatic nitrogens is 3. The van der Waals surface area contributed by atoms with Crippen LogP contribution in [0, 0.1) is 6.92 Å². The Balaban J connectivity index is 1.28. The molecule has 0 unspecified atom stereocenters. The summed E-state index contributed by atoms with van der Waals surface area (Å²) < 4.78 is 23.9. The molecule has 0 aliphatic carbocycles. The molecule has 0 N–H and O–H groups in total. The van der Waals surface area contributed by atoms with Gasteiger partial charge in [0.1, 0.15) is 25.1 Å². The minimum atomic E-state index is -0.208. The molecule has 0 atom stereocenters. The summed E-state index contributed by atoms with van der Waals surface area (Å²) in [5.74, 6) is 3.08. The maximum Gasteiger partial charge on any atom is 0.274 e. The molecule has 5 rings (SSSR count). The van der Waals surface area contributed by atoms with Gasteiger partial charge in [0.25, 0.3) is 5.56 Å². The third kappa shape index (κ3) is 4.08. The van der Waals surface area contributed by atoms with Crippen LogP contribution in [0.15, 0.2) is 35.1 Å². The van der Waals surface area contributed by atoms with Crippen molar-refractivity contribution in [1.82, 2.24) is 14.6 Å². The number of fused-ring (bicyclic) bond motifs is 2. The summed E-state index contributed by atoms with van der Waals surface area (Å²) in [6.07, 6.45) is 1.82. The molecule has 9 nitrogen and oxygen atoms in total. The molecule has 1 aromatic carbocycles. The standard InChI is InChI=1S/C23H26N4O5/c1-15-11-21-24-16(14-29-2)12-22(28)27(21)25-23(15)26-7-5-17(6-8-26)32-18-3-4-19-20(13-18)31-10-9-30-19/h3-4,11-13,17H,5-10,14H2,1-2H3. The van der Waals surface area contributed by atoms with Crippen LogP contribution in [0.25, 0.3) is 5.65 Å². The molecule has 2 aliphatic rings. The third-order valence-electron chi connectivity index (χ3n) is 5.72. The average Bonchev–Trinajstić information content (AvgIpc) is 2.79. The van der Waals surface area contributed by atoms with E-state index in [-0.39, 0.29) is 11.7 Å². The van der Waals surface area contributed by atoms with Gasteiger partial charge < -0.3 is 23.8 Å². The highest BCUT2D eigenvalue weighted by Crippen LogP contribution is 2.34. The summed E-state index contributed by atoms with van der Waals surface area (Å²) in [6.45, 7) is 5.00. The van der Waals surface area contributed by atoms with Gasteiger partial charge in [0.2, 0.25) is 0 Å². The molecule has 2 aromatic heterocycles. The number of benzene rings is 1. The lowest BCUT2D eigenvalue weighted by atomic mass is 10.1. The summed E-state index contributed by atoms with van der Waals surface area (Å²) in [5.41, 5.74) is 1.91. The van der Waals surface area contributed by atoms with E-state index < -0.39 is 0 Å². The second-order valence-electron chi connectivity index (χ2n) is 8.05. The van der Waals surface area contributed by atoms with E-state index in [2.05, 4.69) is 15.0 Å². The minimum absolute atomic E-state index is 0.107. The van der Waals surface area contributed by atoms with Gasteiger partial charge in [-0.3, -0.25) is 4.79 Å². The number of hydrogen-bond donors (Lipinski definition) is 0. The highest BCUT2D eigenvalue weighted by atomic mass is 16.6. The van der Waals surface area contributed by atoms with E-state index >= 15 is 0 Å². The highest BCUT2D eigenvalue weighted by Gasteiger charge is 2.24. The van der Waals surface area contributed by atoms with Gasteiger partial charge in [-0.25, -0.2) is 4.98 Å². The van der Waals surface area contributed by atoms with Crippen LogP contribution >= 0.6 is 0 Å². The van der Waals surface area contributed by atoms with E-state index in [4.69, 9.17) is 18.9 Å². The summed E-state index contributed by atoms with van der Waals surface area (Å²) in [6, 6.07) is 9.08. The van der Waals surface area contributed by atoms with Crippen molar-refractivity contribution in [2.24, 2.45) is 0 Å². The number of nitrogens with zero attached hydrogens (tertiary/aromatic N) is 4. The van der Waals surface area contributed by atoms with Gasteiger partial charge in [-0.2, -0.15) is 4.52 Å². The van der Waals surface area contributed by atoms with E-state index in [1.165, 1.54) is 10.6 Å². The van der Waals surface area contributed by atoms with Gasteiger partial charge in [0.15, 0.2) is 23.0 Å². The molecule has 1 fully saturated rings. The van der Waals surface area contributed by atoms with Crippen molar-refractivity contribution in [2.75, 3.05) is 38.3 Å². The predicted octanol–water partition coefficient (Wildman–Crippen LogP) is 2.36. The van der Waals surface area contributed by atoms with Crippen molar-refractivity contribution in [3.8, 4) is 17.2 Å². The fourth-order valence-electron chi connectivity index (χ4n) is 4.18. The summed E-state index contributed by atoms with van der Waals surface area (Å²) in [7, 11) is 1.58. The average molecular weight is 438 g/mol. The second-order valence-corrected chi connectivity index (χ2v) is 8.05. The van der Waals surface area contributed by atoms with Crippen LogP contribution in [0.4, 0.5) is 5.82 Å². The number of piperidine rings is 1. The van der Waals surface area contributed by atoms with Crippen LogP contribution in [0.5, 0.6) is 17.2 Å². The fraction of sp³-hybridized carbons (Fsp3) is 0.435. The first-order chi connectivity index (χ1) is 15.6. The minimum Gasteiger partial charge on any atom is -0.490 e. The Morgan fingerprint density at radius 3 is 2.66 bits per heavy atom. The Kier molecular flexibility index (Phi) is 5.57. The maximum absolute atomic E-state index is 12.5. The molecule has 0 radical (unpaired) electrons. The molecule has 2 aliphatic heterocycles. The molecule has 4 heterocycles. The largest absolute Gasteiger partial charge is 0.490 e. The van der Waals surface area contributed by atoms with Crippen molar-refractivity contribution in [1.29, 1.82) is 0 Å². The van der Waals surface area contributed by atoms with Crippen LogP contribution in [0.2, 0.25) is 0 Å². The Morgan fingerprint density at radius 1 is 1.09 bits per heavy atom. The zero-order chi connectivity index (χ0) is 22.1. The first-order valence-electron chi connectivity index (χ1n) is 10.8. The Hall–Kier alpha value is -3.33. The molecule has 9 heteroatoms. The van der Waals surface area contributed by atoms with E-state index in [1.807, 2.05) is 31.2 Å². The van der Waals surface area contributed by atoms with Crippen LogP contribution < -0.4 is 24.7 Å². The number of ether oxygens (including phenoxy) is 4. The summed E-state index contributed by atoms with van der Waals surface area (Å²) in [5, 5.41) is 4.61. The molecule has 3 aromatic rings. The van der Waals surface area contributed by atoms with Crippen LogP contribution in [-0.2, 0) is 11.3 Å². The number of anilines is 1. The van der Waals surface area contributed by atoms with Gasteiger partial charge in [-0.1, -0.05) is 0 Å². The molecule has 32 heavy (non-hydrogen) atoms. The van der Waals surface area contributed by atoms with Gasteiger partial charge in [0.05, 0.1) is 12.3 Å². The van der Waals surface area contributed by atoms with Crippen molar-refractivity contribution in [3.63, 3.8) is 0 Å². The van der Waals surface area contributed by atoms with Crippen molar-refractivity contribution in [2.45, 2.75) is 32.5 Å². The molecule has 0 spiro atoms. The normalized spacial score (nSPS) is 16.4. The monoisotopic (exact) mass is 438 g/mol. The molecule has 0 bridgehead atoms. The summed E-state index contributed by atoms with van der Waals surface area (Å²) in [4.78, 5) is 19.2. The zero-order valence-electron chi connectivity index (χ0n) is 18.2. The molecule has 168 valence electrons. The number of aryl methyl sites for hydroxylation is 1. The number of hydrogen-bond acceptors (Lipinski definition) is 8. The SMILES string of the molecule is COCc1cc(=O)n2nc(N3CCC(Oc4ccc5c(c4)OCCO5)CC3)c(C)cc2n1. The third-order valence-corrected chi connectivity index (χ3v) is 5.72. The van der Waals surface area contributed by atoms with Gasteiger partial charge in [-0.05, 0) is 30.7 Å². The number of rotatable bonds is 5. The smallest absolute Gasteiger partial charge is 0.274 e. The molecular formula is C23H26N4O5. The van der Waals surface area contributed by atoms with E-state index in [0.717, 1.165) is 54.6 Å². The lowest BCUT2D eigenvalue weighted by Gasteiger charge is -2.33. The van der Waals surface area contributed by atoms with E-state index in [1.54, 1.807) is 7.11 Å². The van der Waals surface area contributed by atoms with Gasteiger partial charge >= 0.3 is 0 Å². The molecule has 0 amide bonds. The lowest BCUT2D eigenvalue weighted by molar-refractivity contribution is 0.159. The van der Waals surface area contributed by atoms with Crippen LogP contribution in [0.1, 0.15) is 24.1 Å². The molecule has 0 saturated carbocycles. The lowest BCUT2D eigenvalue weighted by Crippen LogP contribution is -2.39. The van der Waals surface area contributed by atoms with E-state index in [9.17, 15) is 4.79 Å². The van der Waals surface area contributed by atoms with Crippen molar-refractivity contribution >= 4 is 11.5 Å². The zero-order valence-corrected chi connectivity index (χ0v) is 18.2. The van der Waals surface area contributed by atoms with Gasteiger partial charge in [0, 0.05) is 45.2 Å². The van der Waals surface area contributed by atoms with Gasteiger partial charge in [-0.15, -0.1) is 5.10 Å². The molecular weight excluding hydrogens is 412 g/mol. The Bertz CT molecular complexity index is 1190. The summed E-state index contributed by atoms with van der Waals surface area (Å²) >= 11 is 0. The topological polar surface area (TPSA) is 87.4 Å². The van der Waals surface area contributed by atoms with Crippen LogP contribution in [-0.4, -0.2) is 54.1 Å². The fourth-order valence-corrected chi connectivity index (χ4v) is 4.18. The second kappa shape index (κ2) is 8.66. The maximum atomic E-state index is 12.5. The number of methoxy groups -OCH3 is 1. The van der Waals surface area contributed by atoms with Crippen molar-refractivity contribution in [3.05, 3.63) is 51.9 Å².